The summed E-state index contributed by atoms with van der Waals surface area (Å²) in [4.78, 5) is 0. The van der Waals surface area contributed by atoms with Crippen LogP contribution in [0, 0.1) is 5.82 Å². The number of halogens is 2. The van der Waals surface area contributed by atoms with Crippen LogP contribution in [0.15, 0.2) is 22.7 Å². The molecule has 13 heavy (non-hydrogen) atoms. The van der Waals surface area contributed by atoms with Gasteiger partial charge in [0.1, 0.15) is 5.82 Å². The van der Waals surface area contributed by atoms with Crippen LogP contribution in [0.3, 0.4) is 0 Å². The summed E-state index contributed by atoms with van der Waals surface area (Å²) in [5.41, 5.74) is 6.22. The molecule has 0 fully saturated rings. The molecule has 0 spiro atoms. The monoisotopic (exact) mass is 247 g/mol. The van der Waals surface area contributed by atoms with Gasteiger partial charge in [0.25, 0.3) is 0 Å². The number of aliphatic hydroxyl groups is 1. The van der Waals surface area contributed by atoms with Gasteiger partial charge in [0.2, 0.25) is 0 Å². The van der Waals surface area contributed by atoms with Crippen molar-refractivity contribution in [1.29, 1.82) is 0 Å². The van der Waals surface area contributed by atoms with E-state index in [9.17, 15) is 9.50 Å². The van der Waals surface area contributed by atoms with Gasteiger partial charge in [0.15, 0.2) is 0 Å². The van der Waals surface area contributed by atoms with Crippen molar-refractivity contribution < 1.29 is 9.50 Å². The van der Waals surface area contributed by atoms with Crippen LogP contribution in [0.4, 0.5) is 4.39 Å². The van der Waals surface area contributed by atoms with Crippen molar-refractivity contribution in [2.45, 2.75) is 19.1 Å². The van der Waals surface area contributed by atoms with E-state index in [0.29, 0.717) is 10.0 Å². The highest BCUT2D eigenvalue weighted by molar-refractivity contribution is 9.10. The minimum Gasteiger partial charge on any atom is -0.391 e. The highest BCUT2D eigenvalue weighted by Gasteiger charge is 2.13. The van der Waals surface area contributed by atoms with Gasteiger partial charge in [-0.3, -0.25) is 0 Å². The Morgan fingerprint density at radius 3 is 2.54 bits per heavy atom. The summed E-state index contributed by atoms with van der Waals surface area (Å²) in [6, 6.07) is 3.81. The van der Waals surface area contributed by atoms with Crippen molar-refractivity contribution in [2.75, 3.05) is 0 Å². The van der Waals surface area contributed by atoms with Crippen LogP contribution in [0.2, 0.25) is 0 Å². The van der Waals surface area contributed by atoms with Gasteiger partial charge in [0.05, 0.1) is 12.1 Å². The summed E-state index contributed by atoms with van der Waals surface area (Å²) in [6.07, 6.45) is -0.686. The van der Waals surface area contributed by atoms with Crippen LogP contribution in [0.5, 0.6) is 0 Å². The molecular formula is C9H11BrFNO. The van der Waals surface area contributed by atoms with Gasteiger partial charge in [-0.1, -0.05) is 15.9 Å². The molecule has 0 unspecified atom stereocenters. The van der Waals surface area contributed by atoms with Crippen LogP contribution in [-0.2, 0) is 0 Å². The van der Waals surface area contributed by atoms with Crippen molar-refractivity contribution in [3.63, 3.8) is 0 Å². The molecule has 0 heterocycles. The predicted molar refractivity (Wildman–Crippen MR) is 52.7 cm³/mol. The molecule has 0 aromatic heterocycles. The summed E-state index contributed by atoms with van der Waals surface area (Å²) in [7, 11) is 0. The van der Waals surface area contributed by atoms with E-state index in [1.165, 1.54) is 12.1 Å². The molecule has 72 valence electrons. The molecule has 0 bridgehead atoms. The van der Waals surface area contributed by atoms with Crippen molar-refractivity contribution in [3.05, 3.63) is 34.1 Å². The van der Waals surface area contributed by atoms with E-state index in [1.54, 1.807) is 13.0 Å². The number of hydrogen-bond donors (Lipinski definition) is 2. The smallest absolute Gasteiger partial charge is 0.124 e. The average Bonchev–Trinajstić information content (AvgIpc) is 2.01. The Kier molecular flexibility index (Phi) is 3.41. The average molecular weight is 248 g/mol. The first-order valence-corrected chi connectivity index (χ1v) is 4.69. The third-order valence-corrected chi connectivity index (χ3v) is 2.25. The molecule has 0 aliphatic rings. The second-order valence-corrected chi connectivity index (χ2v) is 3.88. The van der Waals surface area contributed by atoms with Crippen molar-refractivity contribution in [2.24, 2.45) is 5.73 Å². The van der Waals surface area contributed by atoms with Crippen LogP contribution >= 0.6 is 15.9 Å². The molecule has 0 amide bonds. The molecule has 2 atom stereocenters. The van der Waals surface area contributed by atoms with Gasteiger partial charge in [-0.25, -0.2) is 4.39 Å². The summed E-state index contributed by atoms with van der Waals surface area (Å²) in [5, 5.41) is 9.19. The highest BCUT2D eigenvalue weighted by Crippen LogP contribution is 2.20. The highest BCUT2D eigenvalue weighted by atomic mass is 79.9. The first-order valence-electron chi connectivity index (χ1n) is 3.90. The fourth-order valence-electron chi connectivity index (χ4n) is 1.05. The maximum Gasteiger partial charge on any atom is 0.124 e. The largest absolute Gasteiger partial charge is 0.391 e. The van der Waals surface area contributed by atoms with Gasteiger partial charge >= 0.3 is 0 Å². The first kappa shape index (κ1) is 10.6. The Balaban J connectivity index is 3.01. The third kappa shape index (κ3) is 2.76. The number of rotatable bonds is 2. The predicted octanol–water partition coefficient (Wildman–Crippen LogP) is 1.97. The van der Waals surface area contributed by atoms with Gasteiger partial charge < -0.3 is 10.8 Å². The minimum atomic E-state index is -0.686. The summed E-state index contributed by atoms with van der Waals surface area (Å²) in [6.45, 7) is 1.57. The second kappa shape index (κ2) is 4.17. The van der Waals surface area contributed by atoms with E-state index in [2.05, 4.69) is 15.9 Å². The van der Waals surface area contributed by atoms with Crippen molar-refractivity contribution in [1.82, 2.24) is 0 Å². The lowest BCUT2D eigenvalue weighted by Crippen LogP contribution is -2.23. The van der Waals surface area contributed by atoms with Crippen molar-refractivity contribution >= 4 is 15.9 Å². The molecule has 3 N–H and O–H groups in total. The fourth-order valence-corrected chi connectivity index (χ4v) is 1.53. The molecule has 1 aromatic carbocycles. The number of nitrogens with two attached hydrogens (primary N) is 1. The molecule has 4 heteroatoms. The van der Waals surface area contributed by atoms with E-state index in [0.717, 1.165) is 0 Å². The van der Waals surface area contributed by atoms with Crippen LogP contribution in [-0.4, -0.2) is 11.2 Å². The molecule has 0 saturated heterocycles. The first-order chi connectivity index (χ1) is 6.00. The third-order valence-electron chi connectivity index (χ3n) is 1.79. The second-order valence-electron chi connectivity index (χ2n) is 2.97. The van der Waals surface area contributed by atoms with Gasteiger partial charge in [-0.15, -0.1) is 0 Å². The SMILES string of the molecule is C[C@@H](O)[C@H](N)c1cc(F)cc(Br)c1. The van der Waals surface area contributed by atoms with Crippen LogP contribution in [0.1, 0.15) is 18.5 Å². The van der Waals surface area contributed by atoms with E-state index in [4.69, 9.17) is 5.73 Å². The zero-order chi connectivity index (χ0) is 10.0. The normalized spacial score (nSPS) is 15.5. The molecule has 0 saturated carbocycles. The lowest BCUT2D eigenvalue weighted by atomic mass is 10.0. The lowest BCUT2D eigenvalue weighted by Gasteiger charge is -2.15. The Hall–Kier alpha value is -0.450. The van der Waals surface area contributed by atoms with Gasteiger partial charge in [-0.05, 0) is 30.7 Å². The summed E-state index contributed by atoms with van der Waals surface area (Å²) < 4.78 is 13.5. The van der Waals surface area contributed by atoms with Crippen molar-refractivity contribution in [3.8, 4) is 0 Å². The Bertz CT molecular complexity index is 283. The number of hydrogen-bond acceptors (Lipinski definition) is 2. The minimum absolute atomic E-state index is 0.361. The zero-order valence-electron chi connectivity index (χ0n) is 7.17. The number of benzene rings is 1. The molecule has 1 rings (SSSR count). The Labute approximate surface area is 84.7 Å². The molecule has 2 nitrogen and oxygen atoms in total. The van der Waals surface area contributed by atoms with E-state index in [-0.39, 0.29) is 5.82 Å². The fraction of sp³-hybridized carbons (Fsp3) is 0.333. The molecule has 0 aliphatic heterocycles. The summed E-state index contributed by atoms with van der Waals surface area (Å²) in [5.74, 6) is -0.361. The number of aliphatic hydroxyl groups excluding tert-OH is 1. The standard InChI is InChI=1S/C9H11BrFNO/c1-5(13)9(12)6-2-7(10)4-8(11)3-6/h2-5,9,13H,12H2,1H3/t5-,9+/m1/s1. The maximum absolute atomic E-state index is 12.9. The van der Waals surface area contributed by atoms with Gasteiger partial charge in [-0.2, -0.15) is 0 Å². The zero-order valence-corrected chi connectivity index (χ0v) is 8.75. The maximum atomic E-state index is 12.9. The van der Waals surface area contributed by atoms with Crippen LogP contribution < -0.4 is 5.73 Å². The lowest BCUT2D eigenvalue weighted by molar-refractivity contribution is 0.164. The van der Waals surface area contributed by atoms with E-state index >= 15 is 0 Å². The van der Waals surface area contributed by atoms with Crippen LogP contribution in [0.25, 0.3) is 0 Å². The van der Waals surface area contributed by atoms with Gasteiger partial charge in [0, 0.05) is 4.47 Å². The van der Waals surface area contributed by atoms with E-state index < -0.39 is 12.1 Å². The molecular weight excluding hydrogens is 237 g/mol. The summed E-state index contributed by atoms with van der Waals surface area (Å²) >= 11 is 3.15. The quantitative estimate of drug-likeness (QED) is 0.840. The Morgan fingerprint density at radius 1 is 1.46 bits per heavy atom. The Morgan fingerprint density at radius 2 is 2.08 bits per heavy atom. The molecule has 0 radical (unpaired) electrons. The van der Waals surface area contributed by atoms with E-state index in [1.807, 2.05) is 0 Å². The topological polar surface area (TPSA) is 46.2 Å². The molecule has 0 aliphatic carbocycles. The molecule has 1 aromatic rings.